The molecule has 0 atom stereocenters. The highest BCUT2D eigenvalue weighted by Gasteiger charge is 2.27. The summed E-state index contributed by atoms with van der Waals surface area (Å²) in [6, 6.07) is 22.3. The molecule has 3 aromatic rings. The standard InChI is InChI=1S/C23H24NO2/c25-23(26-20-12-5-2-6-13-20)22-16-15-19-11-7-8-14-21(19)24(22)17-18-9-3-1-4-10-18/h1,3-4,7-11,14-16,20H,2,5-6,12-13,17H2/q+1. The number of ether oxygens (including phenoxy) is 1. The first-order valence-electron chi connectivity index (χ1n) is 9.48. The van der Waals surface area contributed by atoms with Crippen LogP contribution in [0.4, 0.5) is 0 Å². The van der Waals surface area contributed by atoms with Gasteiger partial charge in [0.2, 0.25) is 5.52 Å². The third-order valence-electron chi connectivity index (χ3n) is 5.16. The molecule has 2 aromatic carbocycles. The van der Waals surface area contributed by atoms with Crippen LogP contribution in [0.25, 0.3) is 10.9 Å². The van der Waals surface area contributed by atoms with Crippen LogP contribution >= 0.6 is 0 Å². The van der Waals surface area contributed by atoms with Gasteiger partial charge in [-0.05, 0) is 37.8 Å². The lowest BCUT2D eigenvalue weighted by Crippen LogP contribution is -2.43. The zero-order chi connectivity index (χ0) is 17.8. The van der Waals surface area contributed by atoms with E-state index in [1.165, 1.54) is 12.0 Å². The van der Waals surface area contributed by atoms with Gasteiger partial charge in [-0.3, -0.25) is 0 Å². The van der Waals surface area contributed by atoms with Gasteiger partial charge in [0.1, 0.15) is 6.10 Å². The van der Waals surface area contributed by atoms with Gasteiger partial charge in [0, 0.05) is 23.1 Å². The third-order valence-corrected chi connectivity index (χ3v) is 5.16. The molecular formula is C23H24NO2+. The van der Waals surface area contributed by atoms with Gasteiger partial charge in [-0.1, -0.05) is 48.9 Å². The number of hydrogen-bond acceptors (Lipinski definition) is 2. The molecule has 0 aliphatic heterocycles. The lowest BCUT2D eigenvalue weighted by atomic mass is 9.98. The second-order valence-corrected chi connectivity index (χ2v) is 7.01. The van der Waals surface area contributed by atoms with E-state index in [0.29, 0.717) is 12.2 Å². The third kappa shape index (κ3) is 3.62. The molecule has 0 radical (unpaired) electrons. The van der Waals surface area contributed by atoms with Crippen molar-refractivity contribution >= 4 is 16.9 Å². The fourth-order valence-corrected chi connectivity index (χ4v) is 3.77. The number of esters is 1. The van der Waals surface area contributed by atoms with Crippen molar-refractivity contribution < 1.29 is 14.1 Å². The Labute approximate surface area is 154 Å². The Balaban J connectivity index is 1.70. The number of pyridine rings is 1. The first kappa shape index (κ1) is 16.8. The van der Waals surface area contributed by atoms with Crippen LogP contribution in [0.2, 0.25) is 0 Å². The molecule has 1 fully saturated rings. The summed E-state index contributed by atoms with van der Waals surface area (Å²) in [4.78, 5) is 12.9. The maximum absolute atomic E-state index is 12.9. The van der Waals surface area contributed by atoms with Crippen LogP contribution in [-0.2, 0) is 11.3 Å². The Bertz CT molecular complexity index is 898. The van der Waals surface area contributed by atoms with Crippen molar-refractivity contribution in [1.82, 2.24) is 0 Å². The summed E-state index contributed by atoms with van der Waals surface area (Å²) in [5.41, 5.74) is 2.84. The summed E-state index contributed by atoms with van der Waals surface area (Å²) in [5, 5.41) is 1.12. The Morgan fingerprint density at radius 1 is 0.885 bits per heavy atom. The number of carbonyl (C=O) groups excluding carboxylic acids is 1. The van der Waals surface area contributed by atoms with Gasteiger partial charge in [0.05, 0.1) is 0 Å². The van der Waals surface area contributed by atoms with E-state index < -0.39 is 0 Å². The Kier molecular flexibility index (Phi) is 4.96. The fraction of sp³-hybridized carbons (Fsp3) is 0.304. The molecule has 1 aromatic heterocycles. The van der Waals surface area contributed by atoms with Gasteiger partial charge in [0.25, 0.3) is 5.69 Å². The molecule has 1 aliphatic rings. The lowest BCUT2D eigenvalue weighted by molar-refractivity contribution is -0.665. The second-order valence-electron chi connectivity index (χ2n) is 7.01. The molecule has 3 nitrogen and oxygen atoms in total. The number of rotatable bonds is 4. The van der Waals surface area contributed by atoms with E-state index in [0.717, 1.165) is 36.6 Å². The van der Waals surface area contributed by atoms with E-state index in [4.69, 9.17) is 4.74 Å². The van der Waals surface area contributed by atoms with Gasteiger partial charge in [-0.25, -0.2) is 4.79 Å². The van der Waals surface area contributed by atoms with E-state index in [2.05, 4.69) is 28.8 Å². The van der Waals surface area contributed by atoms with Crippen molar-refractivity contribution in [3.63, 3.8) is 0 Å². The summed E-state index contributed by atoms with van der Waals surface area (Å²) in [6.07, 6.45) is 5.58. The van der Waals surface area contributed by atoms with Crippen LogP contribution in [0, 0.1) is 0 Å². The summed E-state index contributed by atoms with van der Waals surface area (Å²) in [6.45, 7) is 0.650. The van der Waals surface area contributed by atoms with Crippen LogP contribution in [0.1, 0.15) is 48.2 Å². The lowest BCUT2D eigenvalue weighted by Gasteiger charge is -2.21. The minimum absolute atomic E-state index is 0.0629. The Morgan fingerprint density at radius 2 is 1.62 bits per heavy atom. The maximum Gasteiger partial charge on any atom is 0.403 e. The summed E-state index contributed by atoms with van der Waals surface area (Å²) in [5.74, 6) is -0.210. The van der Waals surface area contributed by atoms with Gasteiger partial charge in [-0.15, -0.1) is 0 Å². The number of benzene rings is 2. The molecule has 0 N–H and O–H groups in total. The largest absolute Gasteiger partial charge is 0.454 e. The molecule has 132 valence electrons. The summed E-state index contributed by atoms with van der Waals surface area (Å²) in [7, 11) is 0. The van der Waals surface area contributed by atoms with Crippen molar-refractivity contribution in [2.45, 2.75) is 44.8 Å². The molecule has 1 saturated carbocycles. The van der Waals surface area contributed by atoms with E-state index >= 15 is 0 Å². The van der Waals surface area contributed by atoms with Crippen molar-refractivity contribution in [2.24, 2.45) is 0 Å². The molecule has 3 heteroatoms. The fourth-order valence-electron chi connectivity index (χ4n) is 3.77. The molecule has 0 amide bonds. The van der Waals surface area contributed by atoms with Gasteiger partial charge in [-0.2, -0.15) is 4.57 Å². The minimum atomic E-state index is -0.210. The highest BCUT2D eigenvalue weighted by molar-refractivity contribution is 5.88. The maximum atomic E-state index is 12.9. The predicted octanol–water partition coefficient (Wildman–Crippen LogP) is 4.67. The van der Waals surface area contributed by atoms with Gasteiger partial charge >= 0.3 is 5.97 Å². The van der Waals surface area contributed by atoms with E-state index in [1.807, 2.05) is 42.5 Å². The predicted molar refractivity (Wildman–Crippen MR) is 102 cm³/mol. The van der Waals surface area contributed by atoms with Crippen LogP contribution in [0.3, 0.4) is 0 Å². The average molecular weight is 346 g/mol. The summed E-state index contributed by atoms with van der Waals surface area (Å²) < 4.78 is 7.92. The van der Waals surface area contributed by atoms with Crippen molar-refractivity contribution in [3.8, 4) is 0 Å². The number of hydrogen-bond donors (Lipinski definition) is 0. The monoisotopic (exact) mass is 346 g/mol. The normalized spacial score (nSPS) is 15.1. The molecule has 0 spiro atoms. The van der Waals surface area contributed by atoms with E-state index in [1.54, 1.807) is 0 Å². The zero-order valence-electron chi connectivity index (χ0n) is 14.9. The Hall–Kier alpha value is -2.68. The average Bonchev–Trinajstić information content (AvgIpc) is 2.70. The highest BCUT2D eigenvalue weighted by Crippen LogP contribution is 2.21. The molecular weight excluding hydrogens is 322 g/mol. The van der Waals surface area contributed by atoms with E-state index in [-0.39, 0.29) is 12.1 Å². The zero-order valence-corrected chi connectivity index (χ0v) is 14.9. The number of fused-ring (bicyclic) bond motifs is 1. The highest BCUT2D eigenvalue weighted by atomic mass is 16.5. The van der Waals surface area contributed by atoms with Crippen molar-refractivity contribution in [3.05, 3.63) is 78.0 Å². The molecule has 1 aliphatic carbocycles. The van der Waals surface area contributed by atoms with E-state index in [9.17, 15) is 4.79 Å². The SMILES string of the molecule is O=C(OC1CCCCC1)c1ccc2ccccc2[n+]1Cc1ccccc1. The van der Waals surface area contributed by atoms with Crippen LogP contribution in [0.5, 0.6) is 0 Å². The summed E-state index contributed by atoms with van der Waals surface area (Å²) >= 11 is 0. The quantitative estimate of drug-likeness (QED) is 0.508. The molecule has 0 bridgehead atoms. The van der Waals surface area contributed by atoms with Crippen molar-refractivity contribution in [1.29, 1.82) is 0 Å². The van der Waals surface area contributed by atoms with Gasteiger partial charge < -0.3 is 4.74 Å². The van der Waals surface area contributed by atoms with Crippen LogP contribution in [-0.4, -0.2) is 12.1 Å². The smallest absolute Gasteiger partial charge is 0.403 e. The Morgan fingerprint density at radius 3 is 2.42 bits per heavy atom. The molecule has 0 saturated heterocycles. The minimum Gasteiger partial charge on any atom is -0.454 e. The number of carbonyl (C=O) groups is 1. The number of aromatic nitrogens is 1. The first-order chi connectivity index (χ1) is 12.8. The van der Waals surface area contributed by atoms with Crippen LogP contribution in [0.15, 0.2) is 66.7 Å². The first-order valence-corrected chi connectivity index (χ1v) is 9.48. The topological polar surface area (TPSA) is 30.2 Å². The molecule has 26 heavy (non-hydrogen) atoms. The molecule has 0 unspecified atom stereocenters. The second kappa shape index (κ2) is 7.69. The molecule has 1 heterocycles. The number of nitrogens with zero attached hydrogens (tertiary/aromatic N) is 1. The number of para-hydroxylation sites is 1. The van der Waals surface area contributed by atoms with Crippen molar-refractivity contribution in [2.75, 3.05) is 0 Å². The van der Waals surface area contributed by atoms with Gasteiger partial charge in [0.15, 0.2) is 6.54 Å². The molecule has 4 rings (SSSR count). The van der Waals surface area contributed by atoms with Crippen LogP contribution < -0.4 is 4.57 Å².